The van der Waals surface area contributed by atoms with Gasteiger partial charge in [0.15, 0.2) is 5.82 Å². The number of carboxylic acid groups (broad SMARTS) is 1. The zero-order valence-electron chi connectivity index (χ0n) is 10.5. The van der Waals surface area contributed by atoms with Crippen molar-refractivity contribution in [2.45, 2.75) is 6.92 Å². The van der Waals surface area contributed by atoms with Crippen LogP contribution in [-0.4, -0.2) is 30.4 Å². The number of carboxylic acids is 1. The van der Waals surface area contributed by atoms with Crippen LogP contribution in [0, 0.1) is 6.92 Å². The van der Waals surface area contributed by atoms with Crippen molar-refractivity contribution in [2.24, 2.45) is 7.05 Å². The maximum absolute atomic E-state index is 11.3. The number of imidazole rings is 1. The number of carbonyl (C=O) groups is 1. The molecule has 3 aromatic rings. The van der Waals surface area contributed by atoms with Crippen LogP contribution in [0.25, 0.3) is 16.9 Å². The maximum Gasteiger partial charge on any atom is 0.337 e. The number of rotatable bonds is 2. The first-order chi connectivity index (χ1) is 9.08. The molecule has 1 aromatic carbocycles. The van der Waals surface area contributed by atoms with E-state index in [9.17, 15) is 9.90 Å². The Bertz CT molecular complexity index is 785. The van der Waals surface area contributed by atoms with Crippen molar-refractivity contribution in [3.8, 4) is 5.82 Å². The number of para-hydroxylation sites is 1. The molecular weight excluding hydrogens is 244 g/mol. The van der Waals surface area contributed by atoms with Gasteiger partial charge in [-0.1, -0.05) is 6.07 Å². The van der Waals surface area contributed by atoms with E-state index < -0.39 is 5.97 Å². The van der Waals surface area contributed by atoms with E-state index in [1.165, 1.54) is 0 Å². The van der Waals surface area contributed by atoms with Gasteiger partial charge in [-0.05, 0) is 19.1 Å². The number of fused-ring (bicyclic) bond motifs is 1. The molecule has 0 saturated heterocycles. The van der Waals surface area contributed by atoms with E-state index in [2.05, 4.69) is 10.1 Å². The van der Waals surface area contributed by atoms with Crippen molar-refractivity contribution in [1.29, 1.82) is 0 Å². The third kappa shape index (κ3) is 1.69. The van der Waals surface area contributed by atoms with Gasteiger partial charge in [0.05, 0.1) is 16.6 Å². The summed E-state index contributed by atoms with van der Waals surface area (Å²) in [4.78, 5) is 15.7. The molecule has 6 heteroatoms. The molecule has 3 rings (SSSR count). The summed E-state index contributed by atoms with van der Waals surface area (Å²) < 4.78 is 3.43. The third-order valence-electron chi connectivity index (χ3n) is 3.00. The van der Waals surface area contributed by atoms with Crippen molar-refractivity contribution in [3.63, 3.8) is 0 Å². The largest absolute Gasteiger partial charge is 0.478 e. The molecule has 0 amide bonds. The van der Waals surface area contributed by atoms with Crippen LogP contribution < -0.4 is 0 Å². The molecule has 0 aliphatic heterocycles. The lowest BCUT2D eigenvalue weighted by Gasteiger charge is -2.04. The van der Waals surface area contributed by atoms with E-state index in [1.807, 2.05) is 26.2 Å². The average Bonchev–Trinajstić information content (AvgIpc) is 2.90. The van der Waals surface area contributed by atoms with Gasteiger partial charge in [0, 0.05) is 19.3 Å². The lowest BCUT2D eigenvalue weighted by atomic mass is 10.2. The summed E-state index contributed by atoms with van der Waals surface area (Å²) in [6.45, 7) is 1.83. The number of nitrogens with zero attached hydrogens (tertiary/aromatic N) is 4. The number of aryl methyl sites for hydroxylation is 2. The van der Waals surface area contributed by atoms with Crippen LogP contribution >= 0.6 is 0 Å². The molecule has 0 saturated carbocycles. The SMILES string of the molecule is Cc1nc2cccc(C(=O)O)c2n1-c1ccn(C)n1. The fraction of sp³-hybridized carbons (Fsp3) is 0.154. The molecule has 2 heterocycles. The molecular formula is C13H12N4O2. The second kappa shape index (κ2) is 3.94. The predicted molar refractivity (Wildman–Crippen MR) is 69.5 cm³/mol. The number of aromatic carboxylic acids is 1. The van der Waals surface area contributed by atoms with Crippen molar-refractivity contribution in [2.75, 3.05) is 0 Å². The topological polar surface area (TPSA) is 72.9 Å². The molecule has 2 aromatic heterocycles. The van der Waals surface area contributed by atoms with Gasteiger partial charge >= 0.3 is 5.97 Å². The molecule has 96 valence electrons. The van der Waals surface area contributed by atoms with Gasteiger partial charge in [0.2, 0.25) is 0 Å². The van der Waals surface area contributed by atoms with Crippen molar-refractivity contribution in [1.82, 2.24) is 19.3 Å². The van der Waals surface area contributed by atoms with E-state index in [1.54, 1.807) is 27.4 Å². The maximum atomic E-state index is 11.3. The monoisotopic (exact) mass is 256 g/mol. The van der Waals surface area contributed by atoms with Crippen LogP contribution in [0.2, 0.25) is 0 Å². The summed E-state index contributed by atoms with van der Waals surface area (Å²) in [5.41, 5.74) is 1.46. The summed E-state index contributed by atoms with van der Waals surface area (Å²) in [5.74, 6) is 0.404. The molecule has 0 aliphatic carbocycles. The molecule has 0 aliphatic rings. The molecule has 0 fully saturated rings. The van der Waals surface area contributed by atoms with Gasteiger partial charge in [-0.25, -0.2) is 9.78 Å². The van der Waals surface area contributed by atoms with E-state index in [-0.39, 0.29) is 5.56 Å². The number of hydrogen-bond donors (Lipinski definition) is 1. The van der Waals surface area contributed by atoms with E-state index >= 15 is 0 Å². The average molecular weight is 256 g/mol. The first-order valence-corrected chi connectivity index (χ1v) is 5.79. The number of hydrogen-bond acceptors (Lipinski definition) is 3. The van der Waals surface area contributed by atoms with Gasteiger partial charge in [-0.3, -0.25) is 9.25 Å². The molecule has 1 N–H and O–H groups in total. The molecule has 0 radical (unpaired) electrons. The highest BCUT2D eigenvalue weighted by atomic mass is 16.4. The summed E-state index contributed by atoms with van der Waals surface area (Å²) in [6, 6.07) is 6.90. The highest BCUT2D eigenvalue weighted by Crippen LogP contribution is 2.23. The Kier molecular flexibility index (Phi) is 2.38. The first kappa shape index (κ1) is 11.5. The zero-order chi connectivity index (χ0) is 13.6. The fourth-order valence-electron chi connectivity index (χ4n) is 2.22. The Morgan fingerprint density at radius 3 is 2.74 bits per heavy atom. The van der Waals surface area contributed by atoms with Crippen LogP contribution in [0.5, 0.6) is 0 Å². The van der Waals surface area contributed by atoms with Gasteiger partial charge in [-0.15, -0.1) is 0 Å². The molecule has 0 unspecified atom stereocenters. The van der Waals surface area contributed by atoms with Gasteiger partial charge in [0.25, 0.3) is 0 Å². The Hall–Kier alpha value is -2.63. The summed E-state index contributed by atoms with van der Waals surface area (Å²) in [6.07, 6.45) is 1.81. The minimum Gasteiger partial charge on any atom is -0.478 e. The van der Waals surface area contributed by atoms with E-state index in [0.29, 0.717) is 22.7 Å². The molecule has 0 bridgehead atoms. The summed E-state index contributed by atoms with van der Waals surface area (Å²) >= 11 is 0. The van der Waals surface area contributed by atoms with Gasteiger partial charge in [0.1, 0.15) is 5.82 Å². The Balaban J connectivity index is 2.41. The van der Waals surface area contributed by atoms with Crippen LogP contribution in [-0.2, 0) is 7.05 Å². The number of benzene rings is 1. The van der Waals surface area contributed by atoms with Crippen molar-refractivity contribution < 1.29 is 9.90 Å². The second-order valence-corrected chi connectivity index (χ2v) is 4.32. The van der Waals surface area contributed by atoms with Crippen LogP contribution in [0.1, 0.15) is 16.2 Å². The molecule has 6 nitrogen and oxygen atoms in total. The Morgan fingerprint density at radius 2 is 2.11 bits per heavy atom. The smallest absolute Gasteiger partial charge is 0.337 e. The molecule has 0 atom stereocenters. The summed E-state index contributed by atoms with van der Waals surface area (Å²) in [5, 5.41) is 13.6. The minimum absolute atomic E-state index is 0.226. The molecule has 19 heavy (non-hydrogen) atoms. The minimum atomic E-state index is -0.970. The standard InChI is InChI=1S/C13H12N4O2/c1-8-14-10-5-3-4-9(13(18)19)12(10)17(8)11-6-7-16(2)15-11/h3-7H,1-2H3,(H,18,19). The normalized spacial score (nSPS) is 11.1. The lowest BCUT2D eigenvalue weighted by Crippen LogP contribution is -2.04. The highest BCUT2D eigenvalue weighted by molar-refractivity contribution is 6.01. The van der Waals surface area contributed by atoms with Crippen molar-refractivity contribution >= 4 is 17.0 Å². The lowest BCUT2D eigenvalue weighted by molar-refractivity contribution is 0.0698. The van der Waals surface area contributed by atoms with Crippen molar-refractivity contribution in [3.05, 3.63) is 41.9 Å². The predicted octanol–water partition coefficient (Wildman–Crippen LogP) is 1.77. The zero-order valence-corrected chi connectivity index (χ0v) is 10.5. The highest BCUT2D eigenvalue weighted by Gasteiger charge is 2.17. The quantitative estimate of drug-likeness (QED) is 0.758. The van der Waals surface area contributed by atoms with Crippen LogP contribution in [0.3, 0.4) is 0 Å². The second-order valence-electron chi connectivity index (χ2n) is 4.32. The van der Waals surface area contributed by atoms with Crippen LogP contribution in [0.15, 0.2) is 30.5 Å². The van der Waals surface area contributed by atoms with Gasteiger partial charge < -0.3 is 5.11 Å². The van der Waals surface area contributed by atoms with Gasteiger partial charge in [-0.2, -0.15) is 5.10 Å². The summed E-state index contributed by atoms with van der Waals surface area (Å²) in [7, 11) is 1.82. The third-order valence-corrected chi connectivity index (χ3v) is 3.00. The Labute approximate surface area is 108 Å². The molecule has 0 spiro atoms. The Morgan fingerprint density at radius 1 is 1.32 bits per heavy atom. The first-order valence-electron chi connectivity index (χ1n) is 5.79. The van der Waals surface area contributed by atoms with E-state index in [0.717, 1.165) is 0 Å². The fourth-order valence-corrected chi connectivity index (χ4v) is 2.22. The number of aromatic nitrogens is 4. The van der Waals surface area contributed by atoms with Crippen LogP contribution in [0.4, 0.5) is 0 Å². The van der Waals surface area contributed by atoms with E-state index in [4.69, 9.17) is 0 Å².